The molecule has 0 aromatic heterocycles. The molecule has 1 rings (SSSR count). The third kappa shape index (κ3) is 3.49. The van der Waals surface area contributed by atoms with E-state index in [-0.39, 0.29) is 11.4 Å². The summed E-state index contributed by atoms with van der Waals surface area (Å²) in [4.78, 5) is 21.6. The Morgan fingerprint density at radius 2 is 2.28 bits per heavy atom. The standard InChI is InChI=1S/C11H14FN3O3/c1-2-3-8(13)11(16)14-9-6-7(12)4-5-10(9)15(17)18/h4-6,8H,2-3,13H2,1H3,(H,14,16)/t8-/m1/s1. The fraction of sp³-hybridized carbons (Fsp3) is 0.364. The van der Waals surface area contributed by atoms with Crippen molar-refractivity contribution in [1.29, 1.82) is 0 Å². The molecule has 7 heteroatoms. The second-order valence-electron chi connectivity index (χ2n) is 3.80. The van der Waals surface area contributed by atoms with Crippen LogP contribution < -0.4 is 11.1 Å². The van der Waals surface area contributed by atoms with E-state index < -0.39 is 22.7 Å². The van der Waals surface area contributed by atoms with Gasteiger partial charge in [-0.25, -0.2) is 4.39 Å². The normalized spacial score (nSPS) is 11.9. The molecule has 1 amide bonds. The van der Waals surface area contributed by atoms with Crippen molar-refractivity contribution in [2.45, 2.75) is 25.8 Å². The molecule has 0 saturated carbocycles. The topological polar surface area (TPSA) is 98.3 Å². The van der Waals surface area contributed by atoms with Crippen molar-refractivity contribution in [2.75, 3.05) is 5.32 Å². The van der Waals surface area contributed by atoms with Crippen LogP contribution in [0.4, 0.5) is 15.8 Å². The highest BCUT2D eigenvalue weighted by Crippen LogP contribution is 2.25. The van der Waals surface area contributed by atoms with Gasteiger partial charge in [0.05, 0.1) is 11.0 Å². The second-order valence-corrected chi connectivity index (χ2v) is 3.80. The number of nitrogens with one attached hydrogen (secondary N) is 1. The fourth-order valence-electron chi connectivity index (χ4n) is 1.44. The van der Waals surface area contributed by atoms with Crippen molar-refractivity contribution in [3.63, 3.8) is 0 Å². The van der Waals surface area contributed by atoms with Gasteiger partial charge in [-0.15, -0.1) is 0 Å². The zero-order valence-electron chi connectivity index (χ0n) is 9.85. The molecule has 18 heavy (non-hydrogen) atoms. The number of nitrogens with two attached hydrogens (primary N) is 1. The lowest BCUT2D eigenvalue weighted by Crippen LogP contribution is -2.35. The Hall–Kier alpha value is -2.02. The summed E-state index contributed by atoms with van der Waals surface area (Å²) in [6, 6.07) is 2.09. The van der Waals surface area contributed by atoms with Crippen molar-refractivity contribution < 1.29 is 14.1 Å². The summed E-state index contributed by atoms with van der Waals surface area (Å²) in [5.74, 6) is -1.23. The molecule has 1 aromatic carbocycles. The molecule has 0 bridgehead atoms. The van der Waals surface area contributed by atoms with E-state index in [1.165, 1.54) is 0 Å². The summed E-state index contributed by atoms with van der Waals surface area (Å²) in [5.41, 5.74) is 5.01. The number of amides is 1. The number of halogens is 1. The Morgan fingerprint density at radius 1 is 1.61 bits per heavy atom. The Labute approximate surface area is 103 Å². The summed E-state index contributed by atoms with van der Waals surface area (Å²) in [6.45, 7) is 1.86. The number of anilines is 1. The number of carbonyl (C=O) groups is 1. The fourth-order valence-corrected chi connectivity index (χ4v) is 1.44. The lowest BCUT2D eigenvalue weighted by Gasteiger charge is -2.11. The number of nitro benzene ring substituents is 1. The van der Waals surface area contributed by atoms with Gasteiger partial charge in [-0.3, -0.25) is 14.9 Å². The maximum atomic E-state index is 13.0. The van der Waals surface area contributed by atoms with Gasteiger partial charge < -0.3 is 11.1 Å². The molecule has 98 valence electrons. The first kappa shape index (κ1) is 14.0. The smallest absolute Gasteiger partial charge is 0.292 e. The molecular formula is C11H14FN3O3. The van der Waals surface area contributed by atoms with Crippen LogP contribution in [-0.2, 0) is 4.79 Å². The van der Waals surface area contributed by atoms with Gasteiger partial charge in [-0.2, -0.15) is 0 Å². The van der Waals surface area contributed by atoms with Crippen molar-refractivity contribution in [3.8, 4) is 0 Å². The molecule has 0 unspecified atom stereocenters. The molecule has 3 N–H and O–H groups in total. The molecule has 0 radical (unpaired) electrons. The predicted octanol–water partition coefficient (Wildman–Crippen LogP) is 1.80. The molecule has 0 saturated heterocycles. The summed E-state index contributed by atoms with van der Waals surface area (Å²) in [5, 5.41) is 13.0. The number of nitrogens with zero attached hydrogens (tertiary/aromatic N) is 1. The molecule has 1 aromatic rings. The lowest BCUT2D eigenvalue weighted by molar-refractivity contribution is -0.384. The molecule has 0 aliphatic rings. The summed E-state index contributed by atoms with van der Waals surface area (Å²) in [6.07, 6.45) is 1.16. The molecule has 0 spiro atoms. The van der Waals surface area contributed by atoms with Gasteiger partial charge in [0.2, 0.25) is 5.91 Å². The third-order valence-electron chi connectivity index (χ3n) is 2.35. The SMILES string of the molecule is CCC[C@@H](N)C(=O)Nc1cc(F)ccc1[N+](=O)[O-]. The van der Waals surface area contributed by atoms with Crippen molar-refractivity contribution >= 4 is 17.3 Å². The highest BCUT2D eigenvalue weighted by molar-refractivity contribution is 5.96. The van der Waals surface area contributed by atoms with Crippen LogP contribution in [0.2, 0.25) is 0 Å². The summed E-state index contributed by atoms with van der Waals surface area (Å²) in [7, 11) is 0. The summed E-state index contributed by atoms with van der Waals surface area (Å²) < 4.78 is 13.0. The van der Waals surface area contributed by atoms with E-state index in [4.69, 9.17) is 5.73 Å². The maximum Gasteiger partial charge on any atom is 0.292 e. The van der Waals surface area contributed by atoms with Gasteiger partial charge in [0.1, 0.15) is 11.5 Å². The monoisotopic (exact) mass is 255 g/mol. The van der Waals surface area contributed by atoms with E-state index in [0.717, 1.165) is 18.2 Å². The lowest BCUT2D eigenvalue weighted by atomic mass is 10.1. The Kier molecular flexibility index (Phi) is 4.73. The van der Waals surface area contributed by atoms with Gasteiger partial charge in [-0.1, -0.05) is 13.3 Å². The zero-order valence-corrected chi connectivity index (χ0v) is 9.85. The zero-order chi connectivity index (χ0) is 13.7. The van der Waals surface area contributed by atoms with E-state index in [1.54, 1.807) is 0 Å². The molecule has 0 aliphatic heterocycles. The minimum atomic E-state index is -0.766. The molecule has 1 atom stereocenters. The van der Waals surface area contributed by atoms with Crippen LogP contribution in [-0.4, -0.2) is 16.9 Å². The first-order chi connectivity index (χ1) is 8.45. The van der Waals surface area contributed by atoms with Crippen LogP contribution in [0.15, 0.2) is 18.2 Å². The number of rotatable bonds is 5. The van der Waals surface area contributed by atoms with Crippen molar-refractivity contribution in [2.24, 2.45) is 5.73 Å². The van der Waals surface area contributed by atoms with Crippen LogP contribution in [0.5, 0.6) is 0 Å². The number of nitro groups is 1. The predicted molar refractivity (Wildman–Crippen MR) is 64.6 cm³/mol. The van der Waals surface area contributed by atoms with Gasteiger partial charge >= 0.3 is 0 Å². The largest absolute Gasteiger partial charge is 0.320 e. The van der Waals surface area contributed by atoms with Crippen molar-refractivity contribution in [3.05, 3.63) is 34.1 Å². The van der Waals surface area contributed by atoms with Crippen molar-refractivity contribution in [1.82, 2.24) is 0 Å². The van der Waals surface area contributed by atoms with Gasteiger partial charge in [-0.05, 0) is 12.5 Å². The average Bonchev–Trinajstić information content (AvgIpc) is 2.28. The highest BCUT2D eigenvalue weighted by atomic mass is 19.1. The van der Waals surface area contributed by atoms with Crippen LogP contribution in [0.25, 0.3) is 0 Å². The third-order valence-corrected chi connectivity index (χ3v) is 2.35. The van der Waals surface area contributed by atoms with Crippen LogP contribution in [0.3, 0.4) is 0 Å². The van der Waals surface area contributed by atoms with Crippen LogP contribution in [0, 0.1) is 15.9 Å². The molecular weight excluding hydrogens is 241 g/mol. The van der Waals surface area contributed by atoms with Gasteiger partial charge in [0.15, 0.2) is 0 Å². The average molecular weight is 255 g/mol. The van der Waals surface area contributed by atoms with Gasteiger partial charge in [0.25, 0.3) is 5.69 Å². The second kappa shape index (κ2) is 6.06. The number of hydrogen-bond donors (Lipinski definition) is 2. The number of carbonyl (C=O) groups excluding carboxylic acids is 1. The Morgan fingerprint density at radius 3 is 2.83 bits per heavy atom. The first-order valence-electron chi connectivity index (χ1n) is 5.46. The molecule has 0 aliphatic carbocycles. The van der Waals surface area contributed by atoms with Crippen LogP contribution >= 0.6 is 0 Å². The summed E-state index contributed by atoms with van der Waals surface area (Å²) >= 11 is 0. The Bertz CT molecular complexity index is 465. The van der Waals surface area contributed by atoms with E-state index in [0.29, 0.717) is 12.8 Å². The molecule has 0 heterocycles. The molecule has 0 fully saturated rings. The van der Waals surface area contributed by atoms with E-state index in [9.17, 15) is 19.3 Å². The first-order valence-corrected chi connectivity index (χ1v) is 5.46. The minimum Gasteiger partial charge on any atom is -0.320 e. The van der Waals surface area contributed by atoms with E-state index in [1.807, 2.05) is 6.92 Å². The number of hydrogen-bond acceptors (Lipinski definition) is 4. The minimum absolute atomic E-state index is 0.184. The maximum absolute atomic E-state index is 13.0. The number of benzene rings is 1. The van der Waals surface area contributed by atoms with E-state index in [2.05, 4.69) is 5.32 Å². The Balaban J connectivity index is 2.92. The van der Waals surface area contributed by atoms with Crippen LogP contribution in [0.1, 0.15) is 19.8 Å². The highest BCUT2D eigenvalue weighted by Gasteiger charge is 2.19. The van der Waals surface area contributed by atoms with E-state index >= 15 is 0 Å². The quantitative estimate of drug-likeness (QED) is 0.619. The molecule has 6 nitrogen and oxygen atoms in total. The van der Waals surface area contributed by atoms with Gasteiger partial charge in [0, 0.05) is 12.1 Å².